The molecule has 4 heteroatoms. The van der Waals surface area contributed by atoms with Crippen LogP contribution in [0.1, 0.15) is 79.5 Å². The van der Waals surface area contributed by atoms with E-state index in [1.807, 2.05) is 19.1 Å². The summed E-state index contributed by atoms with van der Waals surface area (Å²) in [7, 11) is 0. The van der Waals surface area contributed by atoms with Crippen LogP contribution in [-0.4, -0.2) is 21.9 Å². The molecule has 1 atom stereocenters. The second kappa shape index (κ2) is 9.40. The summed E-state index contributed by atoms with van der Waals surface area (Å²) in [5.74, 6) is 2.30. The van der Waals surface area contributed by atoms with Crippen LogP contribution >= 0.6 is 0 Å². The van der Waals surface area contributed by atoms with Gasteiger partial charge in [-0.3, -0.25) is 4.79 Å². The van der Waals surface area contributed by atoms with Crippen LogP contribution in [-0.2, 0) is 25.8 Å². The molecule has 0 saturated heterocycles. The van der Waals surface area contributed by atoms with E-state index in [-0.39, 0.29) is 11.7 Å². The lowest BCUT2D eigenvalue weighted by molar-refractivity contribution is 0.0901. The molecular weight excluding hydrogens is 348 g/mol. The van der Waals surface area contributed by atoms with Crippen molar-refractivity contribution in [2.75, 3.05) is 6.61 Å². The fraction of sp³-hybridized carbons (Fsp3) is 0.583. The predicted molar refractivity (Wildman–Crippen MR) is 113 cm³/mol. The van der Waals surface area contributed by atoms with Crippen molar-refractivity contribution in [1.82, 2.24) is 9.55 Å². The van der Waals surface area contributed by atoms with Crippen molar-refractivity contribution in [2.24, 2.45) is 5.92 Å². The maximum atomic E-state index is 13.5. The van der Waals surface area contributed by atoms with Crippen LogP contribution in [0, 0.1) is 12.8 Å². The SMILES string of the molecule is CCCOc1ccc(C(=O)C(CC)Cn2cc(C)nc2CC)c2c1CCCC2. The minimum Gasteiger partial charge on any atom is -0.493 e. The molecule has 1 aliphatic carbocycles. The molecule has 0 radical (unpaired) electrons. The third-order valence-corrected chi connectivity index (χ3v) is 5.80. The first-order valence-corrected chi connectivity index (χ1v) is 10.9. The highest BCUT2D eigenvalue weighted by atomic mass is 16.5. The van der Waals surface area contributed by atoms with E-state index in [9.17, 15) is 4.79 Å². The Morgan fingerprint density at radius 2 is 1.93 bits per heavy atom. The Hall–Kier alpha value is -2.10. The summed E-state index contributed by atoms with van der Waals surface area (Å²) in [5.41, 5.74) is 4.45. The largest absolute Gasteiger partial charge is 0.493 e. The lowest BCUT2D eigenvalue weighted by Gasteiger charge is -2.24. The number of carbonyl (C=O) groups is 1. The van der Waals surface area contributed by atoms with Crippen molar-refractivity contribution in [3.05, 3.63) is 46.5 Å². The van der Waals surface area contributed by atoms with Crippen molar-refractivity contribution < 1.29 is 9.53 Å². The molecule has 0 spiro atoms. The van der Waals surface area contributed by atoms with Gasteiger partial charge in [-0.25, -0.2) is 4.98 Å². The van der Waals surface area contributed by atoms with Gasteiger partial charge < -0.3 is 9.30 Å². The Labute approximate surface area is 169 Å². The topological polar surface area (TPSA) is 44.1 Å². The summed E-state index contributed by atoms with van der Waals surface area (Å²) in [6.45, 7) is 9.82. The molecule has 0 bridgehead atoms. The number of nitrogens with zero attached hydrogens (tertiary/aromatic N) is 2. The molecule has 1 aromatic carbocycles. The van der Waals surface area contributed by atoms with Gasteiger partial charge in [-0.15, -0.1) is 0 Å². The summed E-state index contributed by atoms with van der Waals surface area (Å²) in [4.78, 5) is 18.1. The molecule has 0 amide bonds. The third kappa shape index (κ3) is 4.31. The molecule has 1 heterocycles. The fourth-order valence-electron chi connectivity index (χ4n) is 4.30. The van der Waals surface area contributed by atoms with Crippen LogP contribution in [0.15, 0.2) is 18.3 Å². The van der Waals surface area contributed by atoms with Crippen LogP contribution in [0.2, 0.25) is 0 Å². The molecule has 0 aliphatic heterocycles. The molecule has 0 N–H and O–H groups in total. The van der Waals surface area contributed by atoms with Crippen molar-refractivity contribution in [3.8, 4) is 5.75 Å². The molecule has 1 unspecified atom stereocenters. The van der Waals surface area contributed by atoms with Crippen LogP contribution in [0.4, 0.5) is 0 Å². The molecule has 3 rings (SSSR count). The smallest absolute Gasteiger partial charge is 0.168 e. The van der Waals surface area contributed by atoms with Crippen LogP contribution < -0.4 is 4.74 Å². The van der Waals surface area contributed by atoms with Crippen molar-refractivity contribution in [2.45, 2.75) is 79.2 Å². The van der Waals surface area contributed by atoms with Gasteiger partial charge in [-0.2, -0.15) is 0 Å². The molecule has 152 valence electrons. The third-order valence-electron chi connectivity index (χ3n) is 5.80. The maximum Gasteiger partial charge on any atom is 0.168 e. The van der Waals surface area contributed by atoms with E-state index in [0.29, 0.717) is 6.54 Å². The molecule has 2 aromatic rings. The first-order valence-electron chi connectivity index (χ1n) is 10.9. The number of carbonyl (C=O) groups excluding carboxylic acids is 1. The monoisotopic (exact) mass is 382 g/mol. The zero-order valence-corrected chi connectivity index (χ0v) is 17.9. The predicted octanol–water partition coefficient (Wildman–Crippen LogP) is 5.33. The standard InChI is InChI=1S/C24H34N2O2/c1-5-14-28-22-13-12-21(19-10-8-9-11-20(19)22)24(27)18(6-2)16-26-15-17(4)25-23(26)7-3/h12-13,15,18H,5-11,14,16H2,1-4H3. The van der Waals surface area contributed by atoms with Gasteiger partial charge in [0.25, 0.3) is 0 Å². The van der Waals surface area contributed by atoms with Crippen LogP contribution in [0.3, 0.4) is 0 Å². The van der Waals surface area contributed by atoms with E-state index in [4.69, 9.17) is 4.74 Å². The second-order valence-corrected chi connectivity index (χ2v) is 7.90. The van der Waals surface area contributed by atoms with Crippen molar-refractivity contribution in [3.63, 3.8) is 0 Å². The Kier molecular flexibility index (Phi) is 6.93. The number of imidazole rings is 1. The first-order chi connectivity index (χ1) is 13.6. The van der Waals surface area contributed by atoms with E-state index < -0.39 is 0 Å². The summed E-state index contributed by atoms with van der Waals surface area (Å²) in [6, 6.07) is 4.04. The van der Waals surface area contributed by atoms with Gasteiger partial charge in [-0.05, 0) is 68.7 Å². The molecule has 0 fully saturated rings. The molecule has 1 aliphatic rings. The Bertz CT molecular complexity index is 822. The average Bonchev–Trinajstić information content (AvgIpc) is 3.08. The minimum atomic E-state index is -0.0210. The number of rotatable bonds is 9. The maximum absolute atomic E-state index is 13.5. The Balaban J connectivity index is 1.89. The van der Waals surface area contributed by atoms with E-state index in [0.717, 1.165) is 68.0 Å². The summed E-state index contributed by atoms with van der Waals surface area (Å²) >= 11 is 0. The van der Waals surface area contributed by atoms with Crippen LogP contribution in [0.25, 0.3) is 0 Å². The van der Waals surface area contributed by atoms with Gasteiger partial charge in [0.2, 0.25) is 0 Å². The molecular formula is C24H34N2O2. The van der Waals surface area contributed by atoms with Gasteiger partial charge in [0, 0.05) is 30.6 Å². The second-order valence-electron chi connectivity index (χ2n) is 7.90. The summed E-state index contributed by atoms with van der Waals surface area (Å²) < 4.78 is 8.15. The summed E-state index contributed by atoms with van der Waals surface area (Å²) in [6.07, 6.45) is 9.14. The number of ether oxygens (including phenoxy) is 1. The number of benzene rings is 1. The van der Waals surface area contributed by atoms with Gasteiger partial charge in [0.15, 0.2) is 5.78 Å². The number of ketones is 1. The highest BCUT2D eigenvalue weighted by molar-refractivity contribution is 5.99. The Morgan fingerprint density at radius 3 is 2.61 bits per heavy atom. The number of hydrogen-bond donors (Lipinski definition) is 0. The highest BCUT2D eigenvalue weighted by Crippen LogP contribution is 2.34. The zero-order chi connectivity index (χ0) is 20.1. The van der Waals surface area contributed by atoms with E-state index in [1.165, 1.54) is 17.5 Å². The summed E-state index contributed by atoms with van der Waals surface area (Å²) in [5, 5.41) is 0. The van der Waals surface area contributed by atoms with Crippen molar-refractivity contribution >= 4 is 5.78 Å². The van der Waals surface area contributed by atoms with E-state index in [1.54, 1.807) is 0 Å². The molecule has 0 saturated carbocycles. The van der Waals surface area contributed by atoms with Crippen LogP contribution in [0.5, 0.6) is 5.75 Å². The normalized spacial score (nSPS) is 14.6. The van der Waals surface area contributed by atoms with Gasteiger partial charge >= 0.3 is 0 Å². The number of aromatic nitrogens is 2. The van der Waals surface area contributed by atoms with Crippen molar-refractivity contribution in [1.29, 1.82) is 0 Å². The van der Waals surface area contributed by atoms with Gasteiger partial charge in [-0.1, -0.05) is 20.8 Å². The molecule has 4 nitrogen and oxygen atoms in total. The fourth-order valence-corrected chi connectivity index (χ4v) is 4.30. The first kappa shape index (κ1) is 20.6. The lowest BCUT2D eigenvalue weighted by atomic mass is 9.83. The lowest BCUT2D eigenvalue weighted by Crippen LogP contribution is -2.23. The highest BCUT2D eigenvalue weighted by Gasteiger charge is 2.26. The van der Waals surface area contributed by atoms with Gasteiger partial charge in [0.05, 0.1) is 12.3 Å². The molecule has 28 heavy (non-hydrogen) atoms. The minimum absolute atomic E-state index is 0.0210. The number of Topliss-reactive ketones (excluding diaryl/α,β-unsaturated/α-hetero) is 1. The molecule has 1 aromatic heterocycles. The van der Waals surface area contributed by atoms with Gasteiger partial charge in [0.1, 0.15) is 11.6 Å². The quantitative estimate of drug-likeness (QED) is 0.551. The number of hydrogen-bond acceptors (Lipinski definition) is 3. The number of aryl methyl sites for hydroxylation is 2. The Morgan fingerprint density at radius 1 is 1.18 bits per heavy atom. The van der Waals surface area contributed by atoms with E-state index >= 15 is 0 Å². The number of fused-ring (bicyclic) bond motifs is 1. The average molecular weight is 383 g/mol. The van der Waals surface area contributed by atoms with E-state index in [2.05, 4.69) is 36.5 Å². The zero-order valence-electron chi connectivity index (χ0n) is 17.9.